The SMILES string of the molecule is COc1ccc(Cc2ccc(OC)c(CC(=O)O)c2)cc1CC(=O)O. The van der Waals surface area contributed by atoms with E-state index in [1.165, 1.54) is 14.2 Å². The van der Waals surface area contributed by atoms with Crippen molar-refractivity contribution >= 4 is 11.9 Å². The van der Waals surface area contributed by atoms with Crippen molar-refractivity contribution in [2.24, 2.45) is 0 Å². The fourth-order valence-electron chi connectivity index (χ4n) is 2.72. The van der Waals surface area contributed by atoms with Crippen LogP contribution in [0.25, 0.3) is 0 Å². The van der Waals surface area contributed by atoms with Gasteiger partial charge in [0.2, 0.25) is 0 Å². The van der Waals surface area contributed by atoms with Gasteiger partial charge >= 0.3 is 11.9 Å². The van der Waals surface area contributed by atoms with Crippen molar-refractivity contribution in [3.05, 3.63) is 58.7 Å². The molecule has 0 heterocycles. The molecule has 2 rings (SSSR count). The van der Waals surface area contributed by atoms with Crippen LogP contribution in [0.4, 0.5) is 0 Å². The molecule has 132 valence electrons. The van der Waals surface area contributed by atoms with E-state index < -0.39 is 11.9 Å². The minimum absolute atomic E-state index is 0.121. The molecular weight excluding hydrogens is 324 g/mol. The molecule has 0 amide bonds. The molecular formula is C19H20O6. The maximum Gasteiger partial charge on any atom is 0.307 e. The van der Waals surface area contributed by atoms with Crippen LogP contribution in [0.2, 0.25) is 0 Å². The lowest BCUT2D eigenvalue weighted by Crippen LogP contribution is -2.04. The van der Waals surface area contributed by atoms with Gasteiger partial charge < -0.3 is 19.7 Å². The highest BCUT2D eigenvalue weighted by molar-refractivity contribution is 5.72. The van der Waals surface area contributed by atoms with Gasteiger partial charge in [0, 0.05) is 11.1 Å². The molecule has 6 heteroatoms. The zero-order valence-electron chi connectivity index (χ0n) is 14.1. The quantitative estimate of drug-likeness (QED) is 0.764. The summed E-state index contributed by atoms with van der Waals surface area (Å²) in [6.45, 7) is 0. The molecule has 0 bridgehead atoms. The third-order valence-corrected chi connectivity index (χ3v) is 3.78. The Morgan fingerprint density at radius 1 is 0.800 bits per heavy atom. The van der Waals surface area contributed by atoms with Crippen LogP contribution >= 0.6 is 0 Å². The van der Waals surface area contributed by atoms with E-state index in [1.807, 2.05) is 12.1 Å². The number of carboxylic acids is 2. The van der Waals surface area contributed by atoms with Gasteiger partial charge in [0.05, 0.1) is 27.1 Å². The second-order valence-electron chi connectivity index (χ2n) is 5.61. The Morgan fingerprint density at radius 2 is 1.20 bits per heavy atom. The topological polar surface area (TPSA) is 93.1 Å². The third kappa shape index (κ3) is 4.97. The van der Waals surface area contributed by atoms with Crippen LogP contribution in [0.5, 0.6) is 11.5 Å². The molecule has 0 fully saturated rings. The van der Waals surface area contributed by atoms with Crippen molar-refractivity contribution in [2.75, 3.05) is 14.2 Å². The Labute approximate surface area is 145 Å². The van der Waals surface area contributed by atoms with E-state index in [0.29, 0.717) is 29.0 Å². The minimum Gasteiger partial charge on any atom is -0.496 e. The van der Waals surface area contributed by atoms with E-state index in [4.69, 9.17) is 19.7 Å². The summed E-state index contributed by atoms with van der Waals surface area (Å²) in [5.74, 6) is -0.785. The van der Waals surface area contributed by atoms with Crippen LogP contribution in [0, 0.1) is 0 Å². The Bertz CT molecular complexity index is 716. The summed E-state index contributed by atoms with van der Waals surface area (Å²) in [5, 5.41) is 18.0. The molecule has 0 spiro atoms. The smallest absolute Gasteiger partial charge is 0.307 e. The molecule has 0 saturated carbocycles. The second-order valence-corrected chi connectivity index (χ2v) is 5.61. The fourth-order valence-corrected chi connectivity index (χ4v) is 2.72. The molecule has 6 nitrogen and oxygen atoms in total. The molecule has 0 aliphatic carbocycles. The molecule has 2 N–H and O–H groups in total. The van der Waals surface area contributed by atoms with E-state index in [2.05, 4.69) is 0 Å². The molecule has 25 heavy (non-hydrogen) atoms. The number of ether oxygens (including phenoxy) is 2. The standard InChI is InChI=1S/C19H20O6/c1-24-16-5-3-12(8-14(16)10-18(20)21)7-13-4-6-17(25-2)15(9-13)11-19(22)23/h3-6,8-9H,7,10-11H2,1-2H3,(H,20,21)(H,22,23). The molecule has 0 saturated heterocycles. The average Bonchev–Trinajstić information content (AvgIpc) is 2.54. The number of hydrogen-bond acceptors (Lipinski definition) is 4. The number of rotatable bonds is 8. The summed E-state index contributed by atoms with van der Waals surface area (Å²) in [5.41, 5.74) is 3.05. The van der Waals surface area contributed by atoms with Gasteiger partial charge in [0.25, 0.3) is 0 Å². The maximum absolute atomic E-state index is 11.0. The minimum atomic E-state index is -0.927. The van der Waals surface area contributed by atoms with Crippen molar-refractivity contribution < 1.29 is 29.3 Å². The summed E-state index contributed by atoms with van der Waals surface area (Å²) in [7, 11) is 3.00. The van der Waals surface area contributed by atoms with Gasteiger partial charge in [-0.1, -0.05) is 24.3 Å². The van der Waals surface area contributed by atoms with Crippen molar-refractivity contribution in [1.82, 2.24) is 0 Å². The molecule has 0 atom stereocenters. The molecule has 0 aliphatic rings. The first-order valence-corrected chi connectivity index (χ1v) is 7.68. The van der Waals surface area contributed by atoms with Crippen LogP contribution in [0.1, 0.15) is 22.3 Å². The van der Waals surface area contributed by atoms with Crippen molar-refractivity contribution in [3.8, 4) is 11.5 Å². The number of carbonyl (C=O) groups is 2. The van der Waals surface area contributed by atoms with Crippen LogP contribution in [0.15, 0.2) is 36.4 Å². The fraction of sp³-hybridized carbons (Fsp3) is 0.263. The van der Waals surface area contributed by atoms with Crippen LogP contribution in [-0.2, 0) is 28.9 Å². The summed E-state index contributed by atoms with van der Waals surface area (Å²) >= 11 is 0. The lowest BCUT2D eigenvalue weighted by atomic mass is 9.98. The zero-order valence-corrected chi connectivity index (χ0v) is 14.1. The third-order valence-electron chi connectivity index (χ3n) is 3.78. The van der Waals surface area contributed by atoms with Gasteiger partial charge in [0.15, 0.2) is 0 Å². The highest BCUT2D eigenvalue weighted by Crippen LogP contribution is 2.25. The summed E-state index contributed by atoms with van der Waals surface area (Å²) in [4.78, 5) is 22.0. The van der Waals surface area contributed by atoms with Gasteiger partial charge in [-0.05, 0) is 29.7 Å². The van der Waals surface area contributed by atoms with Crippen molar-refractivity contribution in [3.63, 3.8) is 0 Å². The first-order valence-electron chi connectivity index (χ1n) is 7.68. The first kappa shape index (κ1) is 18.3. The molecule has 0 radical (unpaired) electrons. The molecule has 0 aliphatic heterocycles. The number of carboxylic acid groups (broad SMARTS) is 2. The number of methoxy groups -OCH3 is 2. The Morgan fingerprint density at radius 3 is 1.52 bits per heavy atom. The number of hydrogen-bond donors (Lipinski definition) is 2. The van der Waals surface area contributed by atoms with E-state index in [9.17, 15) is 9.59 Å². The highest BCUT2D eigenvalue weighted by Gasteiger charge is 2.11. The molecule has 2 aromatic carbocycles. The Balaban J connectivity index is 2.29. The number of benzene rings is 2. The van der Waals surface area contributed by atoms with Crippen molar-refractivity contribution in [2.45, 2.75) is 19.3 Å². The van der Waals surface area contributed by atoms with Gasteiger partial charge in [0.1, 0.15) is 11.5 Å². The lowest BCUT2D eigenvalue weighted by Gasteiger charge is -2.12. The van der Waals surface area contributed by atoms with Gasteiger partial charge in [-0.15, -0.1) is 0 Å². The van der Waals surface area contributed by atoms with Gasteiger partial charge in [-0.25, -0.2) is 0 Å². The predicted octanol–water partition coefficient (Wildman–Crippen LogP) is 2.55. The maximum atomic E-state index is 11.0. The average molecular weight is 344 g/mol. The summed E-state index contributed by atoms with van der Waals surface area (Å²) in [6.07, 6.45) is 0.307. The molecule has 0 unspecified atom stereocenters. The van der Waals surface area contributed by atoms with Crippen LogP contribution in [0.3, 0.4) is 0 Å². The van der Waals surface area contributed by atoms with E-state index in [0.717, 1.165) is 11.1 Å². The Kier molecular flexibility index (Phi) is 6.00. The monoisotopic (exact) mass is 344 g/mol. The Hall–Kier alpha value is -3.02. The summed E-state index contributed by atoms with van der Waals surface area (Å²) < 4.78 is 10.4. The summed E-state index contributed by atoms with van der Waals surface area (Å²) in [6, 6.07) is 10.8. The molecule has 2 aromatic rings. The van der Waals surface area contributed by atoms with E-state index in [1.54, 1.807) is 24.3 Å². The zero-order chi connectivity index (χ0) is 18.4. The normalized spacial score (nSPS) is 10.3. The molecule has 0 aromatic heterocycles. The van der Waals surface area contributed by atoms with Crippen LogP contribution < -0.4 is 9.47 Å². The van der Waals surface area contributed by atoms with Gasteiger partial charge in [-0.2, -0.15) is 0 Å². The largest absolute Gasteiger partial charge is 0.496 e. The van der Waals surface area contributed by atoms with Gasteiger partial charge in [-0.3, -0.25) is 9.59 Å². The van der Waals surface area contributed by atoms with Crippen molar-refractivity contribution in [1.29, 1.82) is 0 Å². The lowest BCUT2D eigenvalue weighted by molar-refractivity contribution is -0.137. The predicted molar refractivity (Wildman–Crippen MR) is 91.5 cm³/mol. The second kappa shape index (κ2) is 8.19. The van der Waals surface area contributed by atoms with E-state index >= 15 is 0 Å². The van der Waals surface area contributed by atoms with Crippen LogP contribution in [-0.4, -0.2) is 36.4 Å². The first-order chi connectivity index (χ1) is 11.9. The number of aliphatic carboxylic acids is 2. The van der Waals surface area contributed by atoms with E-state index in [-0.39, 0.29) is 12.8 Å². The highest BCUT2D eigenvalue weighted by atomic mass is 16.5.